The van der Waals surface area contributed by atoms with Gasteiger partial charge in [0.1, 0.15) is 11.6 Å². The third kappa shape index (κ3) is 36.5. The van der Waals surface area contributed by atoms with Gasteiger partial charge in [0.15, 0.2) is 0 Å². The first-order chi connectivity index (χ1) is 69.0. The van der Waals surface area contributed by atoms with Gasteiger partial charge in [0.25, 0.3) is 0 Å². The molecule has 7 fully saturated rings. The largest absolute Gasteiger partial charge is 0.316 e. The van der Waals surface area contributed by atoms with Crippen molar-refractivity contribution in [3.63, 3.8) is 0 Å². The molecule has 0 aromatic heterocycles. The number of rotatable bonds is 21. The van der Waals surface area contributed by atoms with Gasteiger partial charge in [0.05, 0.1) is 0 Å². The molecule has 7 saturated heterocycles. The first-order valence-corrected chi connectivity index (χ1v) is 56.9. The summed E-state index contributed by atoms with van der Waals surface area (Å²) in [7, 11) is 0. The van der Waals surface area contributed by atoms with Gasteiger partial charge < -0.3 is 33.9 Å². The van der Waals surface area contributed by atoms with E-state index < -0.39 is 0 Å². The van der Waals surface area contributed by atoms with Crippen molar-refractivity contribution >= 4 is 80.0 Å². The Bertz CT molecular complexity index is 5030. The Morgan fingerprint density at radius 3 is 0.721 bits per heavy atom. The summed E-state index contributed by atoms with van der Waals surface area (Å²) in [5.74, 6) is -0.345. The minimum absolute atomic E-state index is 0.118. The summed E-state index contributed by atoms with van der Waals surface area (Å²) in [4.78, 5) is 43.4. The van der Waals surface area contributed by atoms with Crippen molar-refractivity contribution in [1.29, 1.82) is 0 Å². The Morgan fingerprint density at radius 2 is 0.469 bits per heavy atom. The molecule has 7 aliphatic heterocycles. The lowest BCUT2D eigenvalue weighted by molar-refractivity contribution is 0.0173. The number of halogens is 7. The first kappa shape index (κ1) is 125. The number of piperidine rings is 7. The van der Waals surface area contributed by atoms with Gasteiger partial charge >= 0.3 is 0 Å². The second kappa shape index (κ2) is 56.1. The van der Waals surface area contributed by atoms with Crippen LogP contribution in [-0.2, 0) is 45.8 Å². The maximum absolute atomic E-state index is 13.2. The highest BCUT2D eigenvalue weighted by Crippen LogP contribution is 2.55. The third-order valence-electron chi connectivity index (χ3n) is 35.7. The van der Waals surface area contributed by atoms with Gasteiger partial charge in [-0.15, -0.1) is 0 Å². The lowest BCUT2D eigenvalue weighted by Gasteiger charge is -2.46. The van der Waals surface area contributed by atoms with Gasteiger partial charge in [0.2, 0.25) is 45.8 Å². The molecule has 7 aromatic rings. The molecular formula is C126H175Cl3F2I2N14. The molecule has 0 bridgehead atoms. The topological polar surface area (TPSA) is 53.2 Å². The first-order valence-electron chi connectivity index (χ1n) is 53.6. The molecule has 798 valence electrons. The van der Waals surface area contributed by atoms with Crippen LogP contribution in [0, 0.1) is 141 Å². The van der Waals surface area contributed by atoms with Crippen molar-refractivity contribution < 1.29 is 8.78 Å². The summed E-state index contributed by atoms with van der Waals surface area (Å²) in [5, 5.41) is 2.45. The maximum Gasteiger partial charge on any atom is 0.220 e. The second-order valence-corrected chi connectivity index (χ2v) is 54.5. The van der Waals surface area contributed by atoms with E-state index in [2.05, 4.69) is 332 Å². The van der Waals surface area contributed by atoms with Crippen LogP contribution in [0.15, 0.2) is 170 Å². The standard InChI is InChI=1S/3C18H25ClN2.2C18H25FN2.2C18H25IN2/c1-17(2,3)18(14-20-4)9-11-21(12-10-18)13-15-5-7-16(19)8-6-15;1-17(2,3)18(14-20-4)8-10-21(11-9-18)13-15-6-5-7-16(19)12-15;1-17(2,3)18(14-20-4)9-11-21(12-10-18)13-15-7-5-6-8-16(15)19;1-17(2,3)18(14-20-4)9-11-21(12-10-18)13-15-5-7-16(19)8-6-15;1-17(2,3)18(14-20-4)8-10-21(11-9-18)13-15-6-5-7-16(19)12-15;1-17(2,3)18(14-20-4)9-11-21(12-10-18)13-15-5-7-16(19)8-6-15;1-17(2,3)18(14-20-4)8-10-21(11-9-18)13-15-6-5-7-16(19)12-15/h5-8H,9-14H2,1-3H3;5-7,12H,8-11,13-14H2,1-3H3;2*5-8H,9-14H2,1-3H3;5-7,12H,8-11,13-14H2,1-3H3;5-8H,9-14H2,1-3H3;5-7,12H,8-11,13-14H2,1-3H3. The molecule has 0 spiro atoms. The molecule has 0 N–H and O–H groups in total. The van der Waals surface area contributed by atoms with Gasteiger partial charge in [-0.05, 0) is 382 Å². The summed E-state index contributed by atoms with van der Waals surface area (Å²) >= 11 is 23.0. The minimum atomic E-state index is -0.179. The van der Waals surface area contributed by atoms with Crippen molar-refractivity contribution in [3.8, 4) is 0 Å². The number of hydrogen-bond acceptors (Lipinski definition) is 7. The molecule has 0 amide bonds. The van der Waals surface area contributed by atoms with Crippen LogP contribution < -0.4 is 0 Å². The molecule has 14 rings (SSSR count). The quantitative estimate of drug-likeness (QED) is 0.0525. The molecule has 14 nitrogen and oxygen atoms in total. The second-order valence-electron chi connectivity index (χ2n) is 50.7. The number of likely N-dealkylation sites (tertiary alicyclic amines) is 7. The summed E-state index contributed by atoms with van der Waals surface area (Å²) in [6.07, 6.45) is 15.5. The summed E-state index contributed by atoms with van der Waals surface area (Å²) in [6, 6.07) is 55.5. The van der Waals surface area contributed by atoms with E-state index in [4.69, 9.17) is 80.8 Å². The smallest absolute Gasteiger partial charge is 0.220 e. The molecule has 0 unspecified atom stereocenters. The molecule has 7 heterocycles. The van der Waals surface area contributed by atoms with Crippen molar-refractivity contribution in [2.45, 2.75) is 281 Å². The van der Waals surface area contributed by atoms with E-state index in [1.54, 1.807) is 12.1 Å². The van der Waals surface area contributed by atoms with E-state index in [1.165, 1.54) is 53.2 Å². The number of nitrogens with zero attached hydrogens (tertiary/aromatic N) is 14. The fourth-order valence-electron chi connectivity index (χ4n) is 23.1. The predicted molar refractivity (Wildman–Crippen MR) is 631 cm³/mol. The molecule has 21 heteroatoms. The Balaban J connectivity index is 0.000000209. The van der Waals surface area contributed by atoms with Gasteiger partial charge in [0, 0.05) is 106 Å². The average Bonchev–Trinajstić information content (AvgIpc) is 0.811. The van der Waals surface area contributed by atoms with E-state index >= 15 is 0 Å². The summed E-state index contributed by atoms with van der Waals surface area (Å²) < 4.78 is 28.8. The van der Waals surface area contributed by atoms with Gasteiger partial charge in [-0.1, -0.05) is 271 Å². The molecule has 7 aromatic carbocycles. The van der Waals surface area contributed by atoms with Crippen molar-refractivity contribution in [2.75, 3.05) is 137 Å². The zero-order valence-electron chi connectivity index (χ0n) is 93.3. The third-order valence-corrected chi connectivity index (χ3v) is 37.9. The Morgan fingerprint density at radius 1 is 0.238 bits per heavy atom. The van der Waals surface area contributed by atoms with Crippen LogP contribution in [0.4, 0.5) is 8.78 Å². The van der Waals surface area contributed by atoms with E-state index in [0.717, 1.165) is 254 Å². The van der Waals surface area contributed by atoms with Gasteiger partial charge in [-0.3, -0.25) is 34.3 Å². The zero-order chi connectivity index (χ0) is 109. The molecule has 0 saturated carbocycles. The SMILES string of the molecule is [C-]#[N+]CC1(C(C)(C)C)CCN(Cc2ccc(Cl)cc2)CC1.[C-]#[N+]CC1(C(C)(C)C)CCN(Cc2ccc(F)cc2)CC1.[C-]#[N+]CC1(C(C)(C)C)CCN(Cc2ccc(I)cc2)CC1.[C-]#[N+]CC1(C(C)(C)C)CCN(Cc2cccc(Cl)c2)CC1.[C-]#[N+]CC1(C(C)(C)C)CCN(Cc2cccc(F)c2)CC1.[C-]#[N+]CC1(C(C)(C)C)CCN(Cc2cccc(I)c2)CC1.[C-]#[N+]CC1(C(C)(C)C)CCN(Cc2ccccc2Cl)CC1. The fourth-order valence-corrected chi connectivity index (χ4v) is 24.6. The van der Waals surface area contributed by atoms with Crippen LogP contribution in [0.5, 0.6) is 0 Å². The molecular weight excluding hydrogens is 2110 g/mol. The molecule has 7 aliphatic rings. The molecule has 0 atom stereocenters. The Labute approximate surface area is 932 Å². The van der Waals surface area contributed by atoms with Crippen LogP contribution in [0.2, 0.25) is 15.1 Å². The van der Waals surface area contributed by atoms with E-state index in [-0.39, 0.29) is 87.4 Å². The highest BCUT2D eigenvalue weighted by atomic mass is 127. The number of benzene rings is 7. The van der Waals surface area contributed by atoms with Crippen molar-refractivity contribution in [2.24, 2.45) is 75.8 Å². The zero-order valence-corrected chi connectivity index (χ0v) is 99.9. The Hall–Kier alpha value is -7.12. The van der Waals surface area contributed by atoms with Crippen LogP contribution in [0.1, 0.15) is 274 Å². The number of hydrogen-bond donors (Lipinski definition) is 0. The molecule has 147 heavy (non-hydrogen) atoms. The van der Waals surface area contributed by atoms with E-state index in [0.29, 0.717) is 45.8 Å². The lowest BCUT2D eigenvalue weighted by atomic mass is 9.61. The van der Waals surface area contributed by atoms with Crippen molar-refractivity contribution in [3.05, 3.63) is 323 Å². The van der Waals surface area contributed by atoms with Crippen LogP contribution >= 0.6 is 80.0 Å². The van der Waals surface area contributed by atoms with Crippen LogP contribution in [0.25, 0.3) is 33.9 Å². The monoisotopic (exact) mass is 2280 g/mol. The van der Waals surface area contributed by atoms with Gasteiger partial charge in [-0.25, -0.2) is 54.8 Å². The van der Waals surface area contributed by atoms with Crippen LogP contribution in [-0.4, -0.2) is 172 Å². The minimum Gasteiger partial charge on any atom is -0.316 e. The Kier molecular flexibility index (Phi) is 47.8. The molecule has 0 radical (unpaired) electrons. The summed E-state index contributed by atoms with van der Waals surface area (Å²) in [6.45, 7) is 125. The highest BCUT2D eigenvalue weighted by molar-refractivity contribution is 14.1. The van der Waals surface area contributed by atoms with Crippen molar-refractivity contribution in [1.82, 2.24) is 34.3 Å². The fraction of sp³-hybridized carbons (Fsp3) is 0.611. The summed E-state index contributed by atoms with van der Waals surface area (Å²) in [5.41, 5.74) is 11.2. The van der Waals surface area contributed by atoms with Gasteiger partial charge in [-0.2, -0.15) is 0 Å². The predicted octanol–water partition coefficient (Wildman–Crippen LogP) is 33.1. The van der Waals surface area contributed by atoms with E-state index in [9.17, 15) is 8.78 Å². The average molecular weight is 2280 g/mol. The van der Waals surface area contributed by atoms with Crippen LogP contribution in [0.3, 0.4) is 0 Å². The normalized spacial score (nSPS) is 19.2. The lowest BCUT2D eigenvalue weighted by Crippen LogP contribution is -2.47. The maximum atomic E-state index is 13.2. The molecule has 0 aliphatic carbocycles. The highest BCUT2D eigenvalue weighted by Gasteiger charge is 2.54. The van der Waals surface area contributed by atoms with E-state index in [1.807, 2.05) is 66.7 Å².